The van der Waals surface area contributed by atoms with E-state index in [2.05, 4.69) is 110 Å². The smallest absolute Gasteiger partial charge is 0.428 e. The average molecular weight is 659 g/mol. The minimum atomic E-state index is -6.10. The lowest BCUT2D eigenvalue weighted by Gasteiger charge is -2.59. The van der Waals surface area contributed by atoms with E-state index in [1.165, 1.54) is 20.2 Å². The summed E-state index contributed by atoms with van der Waals surface area (Å²) in [6.45, 7) is 6.40. The van der Waals surface area contributed by atoms with Crippen LogP contribution in [0.15, 0.2) is 99.6 Å². The van der Waals surface area contributed by atoms with Crippen LogP contribution in [0.5, 0.6) is 0 Å². The number of alkyl halides is 2. The van der Waals surface area contributed by atoms with Crippen molar-refractivity contribution in [1.29, 1.82) is 0 Å². The van der Waals surface area contributed by atoms with Gasteiger partial charge >= 0.3 is 11.2 Å². The molecule has 4 saturated carbocycles. The molecule has 10 heteroatoms. The van der Waals surface area contributed by atoms with E-state index in [9.17, 15) is 31.7 Å². The van der Waals surface area contributed by atoms with Crippen LogP contribution in [0, 0.1) is 17.3 Å². The van der Waals surface area contributed by atoms with Crippen molar-refractivity contribution < 1.29 is 36.4 Å². The first-order valence-corrected chi connectivity index (χ1v) is 17.8. The van der Waals surface area contributed by atoms with Crippen LogP contribution in [0.4, 0.5) is 8.78 Å². The van der Waals surface area contributed by atoms with Crippen LogP contribution in [0.3, 0.4) is 0 Å². The van der Waals surface area contributed by atoms with Gasteiger partial charge in [-0.2, -0.15) is 8.78 Å². The van der Waals surface area contributed by atoms with Crippen molar-refractivity contribution in [3.63, 3.8) is 0 Å². The maximum Gasteiger partial charge on any atom is 0.428 e. The molecule has 2 atom stereocenters. The lowest BCUT2D eigenvalue weighted by molar-refractivity contribution is -0.193. The van der Waals surface area contributed by atoms with Crippen LogP contribution >= 0.6 is 0 Å². The zero-order chi connectivity index (χ0) is 32.7. The van der Waals surface area contributed by atoms with Gasteiger partial charge in [0.05, 0.1) is 23.1 Å². The molecule has 3 aromatic rings. The van der Waals surface area contributed by atoms with Crippen molar-refractivity contribution in [3.05, 3.63) is 90.5 Å². The number of carbonyl (C=O) groups excluding carboxylic acids is 1. The first-order chi connectivity index (χ1) is 21.0. The lowest BCUT2D eigenvalue weighted by atomic mass is 9.48. The Labute approximate surface area is 267 Å². The Morgan fingerprint density at radius 3 is 1.76 bits per heavy atom. The fourth-order valence-corrected chi connectivity index (χ4v) is 9.93. The van der Waals surface area contributed by atoms with Crippen LogP contribution in [0.25, 0.3) is 0 Å². The Hall–Kier alpha value is -2.79. The molecule has 0 radical (unpaired) electrons. The van der Waals surface area contributed by atoms with Crippen LogP contribution in [0.2, 0.25) is 0 Å². The summed E-state index contributed by atoms with van der Waals surface area (Å²) in [4.78, 5) is 15.4. The fraction of sp³-hybridized carbons (Fsp3) is 0.457. The van der Waals surface area contributed by atoms with E-state index in [0.717, 1.165) is 6.42 Å². The molecule has 1 N–H and O–H groups in total. The fourth-order valence-electron chi connectivity index (χ4n) is 7.59. The van der Waals surface area contributed by atoms with Gasteiger partial charge in [-0.1, -0.05) is 69.3 Å². The molecule has 0 aromatic heterocycles. The van der Waals surface area contributed by atoms with Crippen LogP contribution in [0.1, 0.15) is 64.9 Å². The number of hydrogen-bond donors (Lipinski definition) is 1. The predicted molar refractivity (Wildman–Crippen MR) is 168 cm³/mol. The zero-order valence-corrected chi connectivity index (χ0v) is 27.4. The standard InChI is InChI=1S/C22H23S.C13H18F2O6S/c1-22(2,3)18-14-16-21(17-15-18)23(19-10-6-4-7-11-19)20-12-8-5-9-13-20;14-13(15,22(18,19)20)10(16)21-7-11-2-8-1-9(3-11)5-12(17,4-8)6-11/h4-17H,1-3H3;8-9,17H,1-7H2,(H,18,19,20)/q+1;/p-1. The first-order valence-electron chi connectivity index (χ1n) is 15.2. The number of esters is 1. The second kappa shape index (κ2) is 12.4. The SMILES string of the molecule is CC(C)(C)c1ccc([S+](c2ccccc2)c2ccccc2)cc1.O=C(OCC12CC3CC(CC(O)(C3)C1)C2)C(F)(F)S(=O)(=O)[O-]. The van der Waals surface area contributed by atoms with Gasteiger partial charge in [0.15, 0.2) is 24.8 Å². The highest BCUT2D eigenvalue weighted by atomic mass is 32.2. The minimum absolute atomic E-state index is 0.0497. The molecule has 4 fully saturated rings. The monoisotopic (exact) mass is 658 g/mol. The van der Waals surface area contributed by atoms with E-state index in [4.69, 9.17) is 0 Å². The third-order valence-electron chi connectivity index (χ3n) is 9.13. The Morgan fingerprint density at radius 1 is 0.867 bits per heavy atom. The van der Waals surface area contributed by atoms with Gasteiger partial charge in [0.25, 0.3) is 0 Å². The third kappa shape index (κ3) is 7.45. The molecule has 0 aliphatic heterocycles. The van der Waals surface area contributed by atoms with Crippen molar-refractivity contribution in [2.75, 3.05) is 6.61 Å². The summed E-state index contributed by atoms with van der Waals surface area (Å²) in [7, 11) is -6.15. The number of hydrogen-bond acceptors (Lipinski definition) is 6. The van der Waals surface area contributed by atoms with Crippen LogP contribution in [-0.2, 0) is 36.0 Å². The van der Waals surface area contributed by atoms with Crippen molar-refractivity contribution in [1.82, 2.24) is 0 Å². The number of halogens is 2. The van der Waals surface area contributed by atoms with Gasteiger partial charge in [-0.15, -0.1) is 0 Å². The summed E-state index contributed by atoms with van der Waals surface area (Å²) in [5.41, 5.74) is 0.142. The zero-order valence-electron chi connectivity index (χ0n) is 25.7. The molecule has 4 aliphatic carbocycles. The quantitative estimate of drug-likeness (QED) is 0.165. The Bertz CT molecular complexity index is 1540. The molecule has 242 valence electrons. The molecular weight excluding hydrogens is 619 g/mol. The maximum absolute atomic E-state index is 13.1. The maximum atomic E-state index is 13.1. The number of rotatable bonds is 7. The van der Waals surface area contributed by atoms with E-state index < -0.39 is 32.4 Å². The molecule has 0 saturated heterocycles. The highest BCUT2D eigenvalue weighted by molar-refractivity contribution is 7.97. The summed E-state index contributed by atoms with van der Waals surface area (Å²) < 4.78 is 62.0. The average Bonchev–Trinajstić information content (AvgIpc) is 2.95. The van der Waals surface area contributed by atoms with Gasteiger partial charge < -0.3 is 14.4 Å². The van der Waals surface area contributed by atoms with Crippen molar-refractivity contribution in [3.8, 4) is 0 Å². The predicted octanol–water partition coefficient (Wildman–Crippen LogP) is 7.08. The van der Waals surface area contributed by atoms with Gasteiger partial charge in [-0.3, -0.25) is 0 Å². The first kappa shape index (κ1) is 33.6. The Balaban J connectivity index is 0.000000178. The second-order valence-corrected chi connectivity index (χ2v) is 17.4. The highest BCUT2D eigenvalue weighted by Gasteiger charge is 2.58. The van der Waals surface area contributed by atoms with Gasteiger partial charge in [0, 0.05) is 5.41 Å². The summed E-state index contributed by atoms with van der Waals surface area (Å²) in [5.74, 6) is -1.78. The Morgan fingerprint density at radius 2 is 1.33 bits per heavy atom. The van der Waals surface area contributed by atoms with Gasteiger partial charge in [-0.25, -0.2) is 13.2 Å². The van der Waals surface area contributed by atoms with Crippen molar-refractivity contribution in [2.24, 2.45) is 17.3 Å². The molecule has 45 heavy (non-hydrogen) atoms. The molecule has 4 bridgehead atoms. The lowest BCUT2D eigenvalue weighted by Crippen LogP contribution is -2.57. The van der Waals surface area contributed by atoms with Gasteiger partial charge in [0.2, 0.25) is 0 Å². The van der Waals surface area contributed by atoms with Crippen LogP contribution in [-0.4, -0.2) is 41.5 Å². The second-order valence-electron chi connectivity index (χ2n) is 13.9. The molecule has 7 rings (SSSR count). The molecule has 3 aromatic carbocycles. The highest BCUT2D eigenvalue weighted by Crippen LogP contribution is 2.61. The van der Waals surface area contributed by atoms with Gasteiger partial charge in [0.1, 0.15) is 0 Å². The molecule has 0 spiro atoms. The van der Waals surface area contributed by atoms with E-state index in [-0.39, 0.29) is 34.8 Å². The molecule has 2 unspecified atom stereocenters. The minimum Gasteiger partial charge on any atom is -0.743 e. The van der Waals surface area contributed by atoms with Gasteiger partial charge in [-0.05, 0) is 97.7 Å². The summed E-state index contributed by atoms with van der Waals surface area (Å²) in [6, 6.07) is 30.7. The topological polar surface area (TPSA) is 104 Å². The van der Waals surface area contributed by atoms with Crippen molar-refractivity contribution in [2.45, 2.75) is 90.3 Å². The van der Waals surface area contributed by atoms with Crippen LogP contribution < -0.4 is 0 Å². The third-order valence-corrected chi connectivity index (χ3v) is 12.2. The summed E-state index contributed by atoms with van der Waals surface area (Å²) in [6.07, 6.45) is 4.00. The number of aliphatic hydroxyl groups is 1. The summed E-state index contributed by atoms with van der Waals surface area (Å²) in [5, 5.41) is 5.41. The largest absolute Gasteiger partial charge is 0.743 e. The van der Waals surface area contributed by atoms with E-state index in [1.807, 2.05) is 0 Å². The molecule has 6 nitrogen and oxygen atoms in total. The number of benzene rings is 3. The van der Waals surface area contributed by atoms with Crippen molar-refractivity contribution >= 4 is 27.0 Å². The molecular formula is C35H40F2O6S2. The van der Waals surface area contributed by atoms with E-state index >= 15 is 0 Å². The molecule has 0 heterocycles. The summed E-state index contributed by atoms with van der Waals surface area (Å²) >= 11 is 0. The molecule has 4 aliphatic rings. The van der Waals surface area contributed by atoms with E-state index in [0.29, 0.717) is 32.1 Å². The number of ether oxygens (including phenoxy) is 1. The number of carbonyl (C=O) groups is 1. The molecule has 0 amide bonds. The Kier molecular flexibility index (Phi) is 9.27. The van der Waals surface area contributed by atoms with E-state index in [1.54, 1.807) is 0 Å². The normalized spacial score (nSPS) is 25.9.